The van der Waals surface area contributed by atoms with Crippen molar-refractivity contribution in [2.24, 2.45) is 5.73 Å². The van der Waals surface area contributed by atoms with E-state index in [1.165, 1.54) is 11.0 Å². The molecule has 1 aromatic rings. The molecule has 8 nitrogen and oxygen atoms in total. The molecule has 0 aliphatic heterocycles. The lowest BCUT2D eigenvalue weighted by atomic mass is 10.2. The number of carbonyl (C=O) groups is 2. The Balaban J connectivity index is 2.78. The van der Waals surface area contributed by atoms with Crippen LogP contribution in [0, 0.1) is 0 Å². The Morgan fingerprint density at radius 3 is 2.48 bits per heavy atom. The van der Waals surface area contributed by atoms with Crippen molar-refractivity contribution in [1.29, 1.82) is 0 Å². The molecule has 0 saturated heterocycles. The third kappa shape index (κ3) is 7.78. The number of amides is 1. The monoisotopic (exact) mass is 421 g/mol. The fraction of sp³-hybridized carbons (Fsp3) is 0.588. The van der Waals surface area contributed by atoms with Gasteiger partial charge in [0.2, 0.25) is 5.88 Å². The Hall–Kier alpha value is -1.77. The smallest absolute Gasteiger partial charge is 0.410 e. The summed E-state index contributed by atoms with van der Waals surface area (Å²) in [7, 11) is 0. The molecule has 0 spiro atoms. The molecular weight excluding hydrogens is 397 g/mol. The maximum absolute atomic E-state index is 12.2. The Morgan fingerprint density at radius 2 is 1.96 bits per heavy atom. The first kappa shape index (κ1) is 23.3. The predicted molar refractivity (Wildman–Crippen MR) is 103 cm³/mol. The number of nitrogens with two attached hydrogens (primary N) is 1. The van der Waals surface area contributed by atoms with E-state index in [4.69, 9.17) is 38.4 Å². The standard InChI is InChI=1S/C17H25Cl2N3O5/c1-10(5-7-22(8-6-20)16(25)27-17(2,3)4)26-14-11(15(23)24)9-12(18)13(19)21-14/h9-10H,5-8,20H2,1-4H3,(H,23,24). The van der Waals surface area contributed by atoms with Gasteiger partial charge in [0, 0.05) is 26.1 Å². The van der Waals surface area contributed by atoms with Crippen LogP contribution in [0.15, 0.2) is 6.07 Å². The summed E-state index contributed by atoms with van der Waals surface area (Å²) in [5.41, 5.74) is 4.75. The Bertz CT molecular complexity index is 679. The van der Waals surface area contributed by atoms with Crippen LogP contribution in [-0.4, -0.2) is 58.4 Å². The van der Waals surface area contributed by atoms with Gasteiger partial charge < -0.3 is 25.2 Å². The van der Waals surface area contributed by atoms with Crippen LogP contribution < -0.4 is 10.5 Å². The van der Waals surface area contributed by atoms with Crippen LogP contribution in [-0.2, 0) is 4.74 Å². The maximum atomic E-state index is 12.2. The van der Waals surface area contributed by atoms with Gasteiger partial charge in [-0.3, -0.25) is 0 Å². The average Bonchev–Trinajstić information content (AvgIpc) is 2.52. The van der Waals surface area contributed by atoms with Gasteiger partial charge in [0.1, 0.15) is 11.2 Å². The van der Waals surface area contributed by atoms with Gasteiger partial charge in [0.25, 0.3) is 0 Å². The lowest BCUT2D eigenvalue weighted by Gasteiger charge is -2.28. The van der Waals surface area contributed by atoms with Gasteiger partial charge in [-0.15, -0.1) is 0 Å². The highest BCUT2D eigenvalue weighted by molar-refractivity contribution is 6.41. The van der Waals surface area contributed by atoms with Crippen molar-refractivity contribution in [3.63, 3.8) is 0 Å². The molecule has 1 unspecified atom stereocenters. The SMILES string of the molecule is CC(CCN(CCN)C(=O)OC(C)(C)C)Oc1nc(Cl)c(Cl)cc1C(=O)O. The summed E-state index contributed by atoms with van der Waals surface area (Å²) >= 11 is 11.7. The minimum atomic E-state index is -1.23. The van der Waals surface area contributed by atoms with E-state index in [-0.39, 0.29) is 28.2 Å². The zero-order chi connectivity index (χ0) is 20.8. The van der Waals surface area contributed by atoms with E-state index in [1.807, 2.05) is 0 Å². The molecule has 0 aliphatic rings. The normalized spacial score (nSPS) is 12.4. The van der Waals surface area contributed by atoms with Crippen LogP contribution in [0.3, 0.4) is 0 Å². The number of halogens is 2. The van der Waals surface area contributed by atoms with Crippen LogP contribution in [0.5, 0.6) is 5.88 Å². The Labute approximate surface area is 168 Å². The van der Waals surface area contributed by atoms with E-state index in [9.17, 15) is 14.7 Å². The molecule has 0 aliphatic carbocycles. The third-order valence-electron chi connectivity index (χ3n) is 3.30. The van der Waals surface area contributed by atoms with Gasteiger partial charge in [-0.05, 0) is 33.8 Å². The van der Waals surface area contributed by atoms with Crippen LogP contribution in [0.25, 0.3) is 0 Å². The number of rotatable bonds is 8. The summed E-state index contributed by atoms with van der Waals surface area (Å²) in [4.78, 5) is 28.9. The van der Waals surface area contributed by atoms with E-state index >= 15 is 0 Å². The van der Waals surface area contributed by atoms with E-state index in [2.05, 4.69) is 4.98 Å². The highest BCUT2D eigenvalue weighted by atomic mass is 35.5. The number of aromatic nitrogens is 1. The first-order valence-corrected chi connectivity index (χ1v) is 9.14. The minimum absolute atomic E-state index is 0.0214. The molecule has 27 heavy (non-hydrogen) atoms. The number of nitrogens with zero attached hydrogens (tertiary/aromatic N) is 2. The first-order chi connectivity index (χ1) is 12.4. The van der Waals surface area contributed by atoms with Gasteiger partial charge in [-0.1, -0.05) is 23.2 Å². The number of carbonyl (C=O) groups excluding carboxylic acids is 1. The zero-order valence-corrected chi connectivity index (χ0v) is 17.3. The van der Waals surface area contributed by atoms with Crippen molar-refractivity contribution in [2.75, 3.05) is 19.6 Å². The van der Waals surface area contributed by atoms with Gasteiger partial charge in [-0.25, -0.2) is 9.59 Å². The summed E-state index contributed by atoms with van der Waals surface area (Å²) in [5, 5.41) is 9.23. The summed E-state index contributed by atoms with van der Waals surface area (Å²) in [6.07, 6.45) is -0.519. The molecule has 1 rings (SSSR count). The predicted octanol–water partition coefficient (Wildman–Crippen LogP) is 3.44. The molecule has 0 radical (unpaired) electrons. The molecule has 1 atom stereocenters. The van der Waals surface area contributed by atoms with Gasteiger partial charge in [-0.2, -0.15) is 4.98 Å². The van der Waals surface area contributed by atoms with Gasteiger partial charge in [0.05, 0.1) is 11.1 Å². The van der Waals surface area contributed by atoms with Crippen molar-refractivity contribution in [1.82, 2.24) is 9.88 Å². The highest BCUT2D eigenvalue weighted by Crippen LogP contribution is 2.28. The number of hydrogen-bond acceptors (Lipinski definition) is 6. The molecule has 0 bridgehead atoms. The molecule has 3 N–H and O–H groups in total. The lowest BCUT2D eigenvalue weighted by molar-refractivity contribution is 0.0236. The fourth-order valence-corrected chi connectivity index (χ4v) is 2.34. The fourth-order valence-electron chi connectivity index (χ4n) is 2.06. The second-order valence-electron chi connectivity index (χ2n) is 6.89. The van der Waals surface area contributed by atoms with Crippen molar-refractivity contribution < 1.29 is 24.2 Å². The van der Waals surface area contributed by atoms with Crippen molar-refractivity contribution in [3.8, 4) is 5.88 Å². The third-order valence-corrected chi connectivity index (χ3v) is 3.97. The highest BCUT2D eigenvalue weighted by Gasteiger charge is 2.23. The minimum Gasteiger partial charge on any atom is -0.477 e. The van der Waals surface area contributed by atoms with Crippen molar-refractivity contribution >= 4 is 35.3 Å². The molecule has 152 valence electrons. The number of aromatic carboxylic acids is 1. The van der Waals surface area contributed by atoms with Crippen molar-refractivity contribution in [3.05, 3.63) is 21.8 Å². The molecule has 0 aromatic carbocycles. The van der Waals surface area contributed by atoms with Crippen LogP contribution >= 0.6 is 23.2 Å². The second kappa shape index (κ2) is 9.96. The van der Waals surface area contributed by atoms with Crippen LogP contribution in [0.1, 0.15) is 44.5 Å². The number of ether oxygens (including phenoxy) is 2. The topological polar surface area (TPSA) is 115 Å². The number of carboxylic acid groups (broad SMARTS) is 1. The average molecular weight is 422 g/mol. The molecular formula is C17H25Cl2N3O5. The molecule has 1 heterocycles. The van der Waals surface area contributed by atoms with E-state index in [0.29, 0.717) is 19.5 Å². The molecule has 0 saturated carbocycles. The number of hydrogen-bond donors (Lipinski definition) is 2. The molecule has 1 amide bonds. The van der Waals surface area contributed by atoms with Crippen molar-refractivity contribution in [2.45, 2.75) is 45.8 Å². The number of carboxylic acids is 1. The second-order valence-corrected chi connectivity index (χ2v) is 7.66. The summed E-state index contributed by atoms with van der Waals surface area (Å²) in [6.45, 7) is 7.99. The first-order valence-electron chi connectivity index (χ1n) is 8.38. The van der Waals surface area contributed by atoms with Crippen LogP contribution in [0.4, 0.5) is 4.79 Å². The number of pyridine rings is 1. The quantitative estimate of drug-likeness (QED) is 0.617. The molecule has 10 heteroatoms. The Kier molecular flexibility index (Phi) is 8.59. The lowest BCUT2D eigenvalue weighted by Crippen LogP contribution is -2.41. The maximum Gasteiger partial charge on any atom is 0.410 e. The zero-order valence-electron chi connectivity index (χ0n) is 15.8. The van der Waals surface area contributed by atoms with E-state index < -0.39 is 23.8 Å². The molecule has 0 fully saturated rings. The van der Waals surface area contributed by atoms with E-state index in [0.717, 1.165) is 0 Å². The van der Waals surface area contributed by atoms with Crippen LogP contribution in [0.2, 0.25) is 10.2 Å². The van der Waals surface area contributed by atoms with Gasteiger partial charge >= 0.3 is 12.1 Å². The summed E-state index contributed by atoms with van der Waals surface area (Å²) < 4.78 is 11.0. The van der Waals surface area contributed by atoms with Gasteiger partial charge in [0.15, 0.2) is 5.15 Å². The summed E-state index contributed by atoms with van der Waals surface area (Å²) in [5.74, 6) is -1.37. The van der Waals surface area contributed by atoms with E-state index in [1.54, 1.807) is 27.7 Å². The summed E-state index contributed by atoms with van der Waals surface area (Å²) in [6, 6.07) is 1.18. The largest absolute Gasteiger partial charge is 0.477 e. The molecule has 1 aromatic heterocycles. The Morgan fingerprint density at radius 1 is 1.33 bits per heavy atom.